The van der Waals surface area contributed by atoms with Crippen molar-refractivity contribution in [3.63, 3.8) is 0 Å². The number of aromatic nitrogens is 4. The monoisotopic (exact) mass is 475 g/mol. The summed E-state index contributed by atoms with van der Waals surface area (Å²) in [7, 11) is 1.76. The van der Waals surface area contributed by atoms with E-state index in [-0.39, 0.29) is 22.6 Å². The summed E-state index contributed by atoms with van der Waals surface area (Å²) in [4.78, 5) is 4.46. The maximum absolute atomic E-state index is 15.4. The van der Waals surface area contributed by atoms with E-state index in [2.05, 4.69) is 20.5 Å². The molecule has 0 amide bonds. The van der Waals surface area contributed by atoms with Crippen LogP contribution in [0.3, 0.4) is 0 Å². The number of hydrogen-bond acceptors (Lipinski definition) is 6. The molecule has 0 saturated carbocycles. The predicted octanol–water partition coefficient (Wildman–Crippen LogP) is 4.71. The molecule has 0 aliphatic carbocycles. The van der Waals surface area contributed by atoms with Gasteiger partial charge in [0.05, 0.1) is 11.7 Å². The molecule has 9 heteroatoms. The highest BCUT2D eigenvalue weighted by Crippen LogP contribution is 2.41. The van der Waals surface area contributed by atoms with E-state index in [4.69, 9.17) is 4.42 Å². The third kappa shape index (κ3) is 4.43. The molecule has 0 fully saturated rings. The van der Waals surface area contributed by atoms with E-state index in [0.717, 1.165) is 5.56 Å². The number of nitrogens with zero attached hydrogens (tertiary/aromatic N) is 4. The number of hydrogen-bond donors (Lipinski definition) is 2. The van der Waals surface area contributed by atoms with E-state index >= 15 is 4.39 Å². The third-order valence-corrected chi connectivity index (χ3v) is 5.66. The Balaban J connectivity index is 1.69. The van der Waals surface area contributed by atoms with Gasteiger partial charge >= 0.3 is 0 Å². The third-order valence-electron chi connectivity index (χ3n) is 5.66. The van der Waals surface area contributed by atoms with E-state index in [1.807, 2.05) is 30.3 Å². The molecule has 3 aromatic carbocycles. The normalized spacial score (nSPS) is 12.4. The molecule has 5 aromatic rings. The molecule has 0 saturated heterocycles. The van der Waals surface area contributed by atoms with Gasteiger partial charge < -0.3 is 19.4 Å². The van der Waals surface area contributed by atoms with Crippen LogP contribution >= 0.6 is 0 Å². The van der Waals surface area contributed by atoms with Crippen LogP contribution in [-0.4, -0.2) is 37.5 Å². The van der Waals surface area contributed by atoms with Gasteiger partial charge in [-0.15, -0.1) is 10.2 Å². The Morgan fingerprint density at radius 2 is 1.86 bits per heavy atom. The molecule has 2 N–H and O–H groups in total. The van der Waals surface area contributed by atoms with Gasteiger partial charge in [-0.3, -0.25) is 0 Å². The average Bonchev–Trinajstić information content (AvgIpc) is 3.45. The Kier molecular flexibility index (Phi) is 6.10. The Labute approximate surface area is 200 Å². The minimum atomic E-state index is -0.602. The lowest BCUT2D eigenvalue weighted by atomic mass is 9.94. The fourth-order valence-corrected chi connectivity index (χ4v) is 4.07. The van der Waals surface area contributed by atoms with Gasteiger partial charge in [-0.25, -0.2) is 13.8 Å². The zero-order valence-electron chi connectivity index (χ0n) is 19.2. The first kappa shape index (κ1) is 22.8. The Bertz CT molecular complexity index is 1490. The van der Waals surface area contributed by atoms with Crippen LogP contribution in [0.2, 0.25) is 0 Å². The first-order valence-corrected chi connectivity index (χ1v) is 11.1. The molecular formula is C26H23F2N5O2. The molecule has 0 radical (unpaired) electrons. The number of aliphatic hydroxyl groups excluding tert-OH is 1. The molecule has 7 nitrogen and oxygen atoms in total. The Hall–Kier alpha value is -3.95. The SMILES string of the molecule is CC(O)CNCc1cc(F)c2oc(-c3c(F)ccc(-c4ccccc4)c3-c3nncn3C)nc2c1. The summed E-state index contributed by atoms with van der Waals surface area (Å²) in [5.41, 5.74) is 2.91. The van der Waals surface area contributed by atoms with E-state index in [1.54, 1.807) is 30.7 Å². The fourth-order valence-electron chi connectivity index (χ4n) is 4.07. The van der Waals surface area contributed by atoms with Crippen molar-refractivity contribution in [1.82, 2.24) is 25.1 Å². The summed E-state index contributed by atoms with van der Waals surface area (Å²) in [5.74, 6) is -0.811. The van der Waals surface area contributed by atoms with Crippen molar-refractivity contribution < 1.29 is 18.3 Å². The highest BCUT2D eigenvalue weighted by Gasteiger charge is 2.25. The van der Waals surface area contributed by atoms with Crippen LogP contribution in [0, 0.1) is 11.6 Å². The van der Waals surface area contributed by atoms with E-state index in [0.29, 0.717) is 35.6 Å². The molecule has 2 aromatic heterocycles. The number of nitrogens with one attached hydrogen (secondary N) is 1. The minimum absolute atomic E-state index is 0.0544. The number of aryl methyl sites for hydroxylation is 1. The average molecular weight is 475 g/mol. The van der Waals surface area contributed by atoms with Crippen LogP contribution < -0.4 is 5.32 Å². The summed E-state index contributed by atoms with van der Waals surface area (Å²) < 4.78 is 37.8. The van der Waals surface area contributed by atoms with Gasteiger partial charge in [-0.2, -0.15) is 0 Å². The van der Waals surface area contributed by atoms with Crippen molar-refractivity contribution in [2.75, 3.05) is 6.54 Å². The van der Waals surface area contributed by atoms with Crippen molar-refractivity contribution in [2.45, 2.75) is 19.6 Å². The summed E-state index contributed by atoms with van der Waals surface area (Å²) in [6.45, 7) is 2.36. The first-order valence-electron chi connectivity index (χ1n) is 11.1. The zero-order valence-corrected chi connectivity index (χ0v) is 19.2. The molecule has 0 spiro atoms. The lowest BCUT2D eigenvalue weighted by molar-refractivity contribution is 0.191. The number of fused-ring (bicyclic) bond motifs is 1. The molecule has 0 aliphatic rings. The topological polar surface area (TPSA) is 89.0 Å². The number of oxazole rings is 1. The second-order valence-electron chi connectivity index (χ2n) is 8.40. The van der Waals surface area contributed by atoms with Crippen molar-refractivity contribution >= 4 is 11.1 Å². The quantitative estimate of drug-likeness (QED) is 0.355. The van der Waals surface area contributed by atoms with Crippen molar-refractivity contribution in [3.05, 3.63) is 78.1 Å². The number of rotatable bonds is 7. The maximum atomic E-state index is 15.4. The van der Waals surface area contributed by atoms with Gasteiger partial charge in [0, 0.05) is 25.7 Å². The van der Waals surface area contributed by atoms with Gasteiger partial charge in [0.1, 0.15) is 17.7 Å². The minimum Gasteiger partial charge on any atom is -0.433 e. The highest BCUT2D eigenvalue weighted by molar-refractivity contribution is 5.92. The van der Waals surface area contributed by atoms with E-state index in [1.165, 1.54) is 18.5 Å². The second-order valence-corrected chi connectivity index (χ2v) is 8.40. The fraction of sp³-hybridized carbons (Fsp3) is 0.192. The molecule has 35 heavy (non-hydrogen) atoms. The Morgan fingerprint density at radius 3 is 2.57 bits per heavy atom. The van der Waals surface area contributed by atoms with Crippen LogP contribution in [0.25, 0.3) is 45.1 Å². The van der Waals surface area contributed by atoms with Gasteiger partial charge in [0.15, 0.2) is 17.2 Å². The van der Waals surface area contributed by atoms with Gasteiger partial charge in [0.25, 0.3) is 0 Å². The molecule has 0 aliphatic heterocycles. The summed E-state index contributed by atoms with van der Waals surface area (Å²) in [6.07, 6.45) is 0.998. The number of halogens is 2. The number of benzene rings is 3. The molecule has 1 atom stereocenters. The molecule has 0 bridgehead atoms. The highest BCUT2D eigenvalue weighted by atomic mass is 19.1. The molecular weight excluding hydrogens is 452 g/mol. The van der Waals surface area contributed by atoms with Crippen LogP contribution in [-0.2, 0) is 13.6 Å². The molecule has 2 heterocycles. The van der Waals surface area contributed by atoms with Crippen molar-refractivity contribution in [3.8, 4) is 34.0 Å². The van der Waals surface area contributed by atoms with Gasteiger partial charge in [0.2, 0.25) is 5.89 Å². The standard InChI is InChI=1S/C26H23F2N5O2/c1-15(34)12-29-13-16-10-20(28)24-21(11-16)31-26(35-24)23-19(27)9-8-18(17-6-4-3-5-7-17)22(23)25-32-30-14-33(25)2/h3-11,14-15,29,34H,12-13H2,1-2H3. The summed E-state index contributed by atoms with van der Waals surface area (Å²) >= 11 is 0. The smallest absolute Gasteiger partial charge is 0.231 e. The Morgan fingerprint density at radius 1 is 1.06 bits per heavy atom. The first-order chi connectivity index (χ1) is 16.9. The van der Waals surface area contributed by atoms with Crippen LogP contribution in [0.5, 0.6) is 0 Å². The maximum Gasteiger partial charge on any atom is 0.231 e. The van der Waals surface area contributed by atoms with E-state index in [9.17, 15) is 9.50 Å². The lowest BCUT2D eigenvalue weighted by Crippen LogP contribution is -2.23. The van der Waals surface area contributed by atoms with Crippen LogP contribution in [0.1, 0.15) is 12.5 Å². The van der Waals surface area contributed by atoms with Gasteiger partial charge in [-0.1, -0.05) is 36.4 Å². The molecule has 1 unspecified atom stereocenters. The second kappa shape index (κ2) is 9.36. The lowest BCUT2D eigenvalue weighted by Gasteiger charge is -2.14. The largest absolute Gasteiger partial charge is 0.433 e. The van der Waals surface area contributed by atoms with Crippen molar-refractivity contribution in [2.24, 2.45) is 7.05 Å². The van der Waals surface area contributed by atoms with Crippen LogP contribution in [0.15, 0.2) is 65.3 Å². The summed E-state index contributed by atoms with van der Waals surface area (Å²) in [6, 6.07) is 15.5. The van der Waals surface area contributed by atoms with E-state index < -0.39 is 17.7 Å². The van der Waals surface area contributed by atoms with Gasteiger partial charge in [-0.05, 0) is 41.8 Å². The molecule has 5 rings (SSSR count). The van der Waals surface area contributed by atoms with Crippen LogP contribution in [0.4, 0.5) is 8.78 Å². The zero-order chi connectivity index (χ0) is 24.5. The predicted molar refractivity (Wildman–Crippen MR) is 128 cm³/mol. The summed E-state index contributed by atoms with van der Waals surface area (Å²) in [5, 5.41) is 20.6. The van der Waals surface area contributed by atoms with Crippen molar-refractivity contribution in [1.29, 1.82) is 0 Å². The molecule has 178 valence electrons. The number of aliphatic hydroxyl groups is 1.